The molecule has 1 aromatic carbocycles. The van der Waals surface area contributed by atoms with Gasteiger partial charge in [0.1, 0.15) is 5.82 Å². The van der Waals surface area contributed by atoms with Crippen molar-refractivity contribution in [3.05, 3.63) is 35.6 Å². The van der Waals surface area contributed by atoms with Crippen LogP contribution in [0.1, 0.15) is 31.9 Å². The Labute approximate surface area is 111 Å². The highest BCUT2D eigenvalue weighted by Gasteiger charge is 2.45. The van der Waals surface area contributed by atoms with Crippen LogP contribution in [0.4, 0.5) is 9.18 Å². The lowest BCUT2D eigenvalue weighted by Crippen LogP contribution is -2.43. The molecule has 19 heavy (non-hydrogen) atoms. The molecule has 3 atom stereocenters. The largest absolute Gasteiger partial charge is 0.465 e. The summed E-state index contributed by atoms with van der Waals surface area (Å²) in [6, 6.07) is 4.95. The number of benzene rings is 1. The van der Waals surface area contributed by atoms with Crippen LogP contribution in [-0.2, 0) is 0 Å². The zero-order valence-corrected chi connectivity index (χ0v) is 11.0. The second-order valence-electron chi connectivity index (χ2n) is 5.30. The molecule has 1 amide bonds. The van der Waals surface area contributed by atoms with E-state index in [4.69, 9.17) is 0 Å². The van der Waals surface area contributed by atoms with Gasteiger partial charge < -0.3 is 10.2 Å². The third kappa shape index (κ3) is 2.56. The summed E-state index contributed by atoms with van der Waals surface area (Å²) in [5.74, 6) is -0.394. The predicted molar refractivity (Wildman–Crippen MR) is 68.3 cm³/mol. The molecule has 0 spiro atoms. The van der Waals surface area contributed by atoms with Crippen molar-refractivity contribution in [1.82, 2.24) is 4.90 Å². The summed E-state index contributed by atoms with van der Waals surface area (Å²) < 4.78 is 13.3. The molecule has 4 nitrogen and oxygen atoms in total. The molecule has 1 heterocycles. The SMILES string of the molecule is CC(C)[C@H]1[C@@H](O)C[C@@H](c2cccc(F)c2)N1C(=O)O. The van der Waals surface area contributed by atoms with Crippen molar-refractivity contribution >= 4 is 6.09 Å². The van der Waals surface area contributed by atoms with Gasteiger partial charge in [0.15, 0.2) is 0 Å². The quantitative estimate of drug-likeness (QED) is 0.866. The fraction of sp³-hybridized carbons (Fsp3) is 0.500. The first-order chi connectivity index (χ1) is 8.91. The van der Waals surface area contributed by atoms with E-state index in [1.54, 1.807) is 12.1 Å². The minimum absolute atomic E-state index is 0.00431. The smallest absolute Gasteiger partial charge is 0.408 e. The number of amides is 1. The third-order valence-corrected chi connectivity index (χ3v) is 3.65. The number of nitrogens with zero attached hydrogens (tertiary/aromatic N) is 1. The lowest BCUT2D eigenvalue weighted by molar-refractivity contribution is 0.0716. The zero-order valence-electron chi connectivity index (χ0n) is 11.0. The summed E-state index contributed by atoms with van der Waals surface area (Å²) in [5.41, 5.74) is 0.588. The Kier molecular flexibility index (Phi) is 3.75. The number of rotatable bonds is 2. The van der Waals surface area contributed by atoms with Crippen molar-refractivity contribution in [2.75, 3.05) is 0 Å². The van der Waals surface area contributed by atoms with Gasteiger partial charge in [0, 0.05) is 6.42 Å². The average molecular weight is 267 g/mol. The molecule has 1 saturated heterocycles. The summed E-state index contributed by atoms with van der Waals surface area (Å²) in [6.45, 7) is 3.75. The number of hydrogen-bond donors (Lipinski definition) is 2. The molecule has 5 heteroatoms. The van der Waals surface area contributed by atoms with Crippen molar-refractivity contribution in [3.63, 3.8) is 0 Å². The normalized spacial score (nSPS) is 27.0. The molecule has 1 aromatic rings. The standard InChI is InChI=1S/C14H18FNO3/c1-8(2)13-12(17)7-11(16(13)14(18)19)9-4-3-5-10(15)6-9/h3-6,8,11-13,17H,7H2,1-2H3,(H,18,19)/t11-,12-,13-/m0/s1. The summed E-state index contributed by atoms with van der Waals surface area (Å²) >= 11 is 0. The van der Waals surface area contributed by atoms with Gasteiger partial charge in [-0.2, -0.15) is 0 Å². The minimum atomic E-state index is -1.08. The molecule has 2 rings (SSSR count). The number of carboxylic acid groups (broad SMARTS) is 1. The van der Waals surface area contributed by atoms with E-state index in [0.717, 1.165) is 0 Å². The highest BCUT2D eigenvalue weighted by Crippen LogP contribution is 2.39. The van der Waals surface area contributed by atoms with Crippen LogP contribution in [0.25, 0.3) is 0 Å². The molecule has 0 aliphatic carbocycles. The van der Waals surface area contributed by atoms with Gasteiger partial charge in [0.2, 0.25) is 0 Å². The van der Waals surface area contributed by atoms with E-state index in [-0.39, 0.29) is 5.92 Å². The van der Waals surface area contributed by atoms with E-state index < -0.39 is 30.1 Å². The molecule has 0 unspecified atom stereocenters. The molecular weight excluding hydrogens is 249 g/mol. The Morgan fingerprint density at radius 2 is 2.16 bits per heavy atom. The topological polar surface area (TPSA) is 60.8 Å². The number of aliphatic hydroxyl groups excluding tert-OH is 1. The molecule has 1 aliphatic rings. The van der Waals surface area contributed by atoms with Gasteiger partial charge in [-0.25, -0.2) is 9.18 Å². The van der Waals surface area contributed by atoms with Gasteiger partial charge in [-0.3, -0.25) is 4.90 Å². The van der Waals surface area contributed by atoms with Crippen molar-refractivity contribution in [1.29, 1.82) is 0 Å². The Balaban J connectivity index is 2.37. The molecule has 0 saturated carbocycles. The lowest BCUT2D eigenvalue weighted by atomic mass is 9.99. The molecular formula is C14H18FNO3. The van der Waals surface area contributed by atoms with E-state index in [9.17, 15) is 19.4 Å². The highest BCUT2D eigenvalue weighted by atomic mass is 19.1. The van der Waals surface area contributed by atoms with E-state index in [0.29, 0.717) is 12.0 Å². The van der Waals surface area contributed by atoms with Crippen molar-refractivity contribution in [2.24, 2.45) is 5.92 Å². The lowest BCUT2D eigenvalue weighted by Gasteiger charge is -2.30. The van der Waals surface area contributed by atoms with Crippen molar-refractivity contribution in [2.45, 2.75) is 38.5 Å². The van der Waals surface area contributed by atoms with Gasteiger partial charge in [-0.1, -0.05) is 26.0 Å². The number of hydrogen-bond acceptors (Lipinski definition) is 2. The Bertz CT molecular complexity index is 478. The molecule has 1 fully saturated rings. The van der Waals surface area contributed by atoms with Crippen molar-refractivity contribution < 1.29 is 19.4 Å². The predicted octanol–water partition coefficient (Wildman–Crippen LogP) is 2.64. The van der Waals surface area contributed by atoms with Gasteiger partial charge in [0.25, 0.3) is 0 Å². The number of likely N-dealkylation sites (tertiary alicyclic amines) is 1. The Morgan fingerprint density at radius 1 is 1.47 bits per heavy atom. The maximum atomic E-state index is 13.3. The van der Waals surface area contributed by atoms with Crippen LogP contribution in [0.15, 0.2) is 24.3 Å². The molecule has 0 bridgehead atoms. The van der Waals surface area contributed by atoms with E-state index in [2.05, 4.69) is 0 Å². The average Bonchev–Trinajstić information content (AvgIpc) is 2.67. The number of aliphatic hydroxyl groups is 1. The second-order valence-corrected chi connectivity index (χ2v) is 5.30. The van der Waals surface area contributed by atoms with Crippen LogP contribution in [0.3, 0.4) is 0 Å². The fourth-order valence-electron chi connectivity index (χ4n) is 2.91. The summed E-state index contributed by atoms with van der Waals surface area (Å²) in [6.07, 6.45) is -1.49. The van der Waals surface area contributed by atoms with E-state index in [1.165, 1.54) is 17.0 Å². The maximum Gasteiger partial charge on any atom is 0.408 e. The van der Waals surface area contributed by atoms with Gasteiger partial charge in [-0.15, -0.1) is 0 Å². The van der Waals surface area contributed by atoms with Crippen LogP contribution in [0, 0.1) is 11.7 Å². The molecule has 2 N–H and O–H groups in total. The summed E-state index contributed by atoms with van der Waals surface area (Å²) in [5, 5.41) is 19.5. The zero-order chi connectivity index (χ0) is 14.2. The molecule has 104 valence electrons. The van der Waals surface area contributed by atoms with Gasteiger partial charge in [-0.05, 0) is 23.6 Å². The molecule has 1 aliphatic heterocycles. The number of halogens is 1. The fourth-order valence-corrected chi connectivity index (χ4v) is 2.91. The van der Waals surface area contributed by atoms with Crippen LogP contribution in [-0.4, -0.2) is 33.4 Å². The van der Waals surface area contributed by atoms with Crippen LogP contribution < -0.4 is 0 Å². The number of carbonyl (C=O) groups is 1. The highest BCUT2D eigenvalue weighted by molar-refractivity contribution is 5.67. The first-order valence-electron chi connectivity index (χ1n) is 6.36. The Hall–Kier alpha value is -1.62. The third-order valence-electron chi connectivity index (χ3n) is 3.65. The van der Waals surface area contributed by atoms with Gasteiger partial charge in [0.05, 0.1) is 18.2 Å². The van der Waals surface area contributed by atoms with Crippen molar-refractivity contribution in [3.8, 4) is 0 Å². The van der Waals surface area contributed by atoms with E-state index in [1.807, 2.05) is 13.8 Å². The van der Waals surface area contributed by atoms with Crippen LogP contribution >= 0.6 is 0 Å². The van der Waals surface area contributed by atoms with Crippen LogP contribution in [0.5, 0.6) is 0 Å². The van der Waals surface area contributed by atoms with Gasteiger partial charge >= 0.3 is 6.09 Å². The van der Waals surface area contributed by atoms with E-state index >= 15 is 0 Å². The monoisotopic (exact) mass is 267 g/mol. The maximum absolute atomic E-state index is 13.3. The minimum Gasteiger partial charge on any atom is -0.465 e. The molecule has 0 radical (unpaired) electrons. The molecule has 0 aromatic heterocycles. The summed E-state index contributed by atoms with van der Waals surface area (Å²) in [7, 11) is 0. The summed E-state index contributed by atoms with van der Waals surface area (Å²) in [4.78, 5) is 12.7. The first-order valence-corrected chi connectivity index (χ1v) is 6.36. The first kappa shape index (κ1) is 13.8. The Morgan fingerprint density at radius 3 is 2.68 bits per heavy atom. The second kappa shape index (κ2) is 5.17. The van der Waals surface area contributed by atoms with Crippen LogP contribution in [0.2, 0.25) is 0 Å².